The topological polar surface area (TPSA) is 68.1 Å². The molecule has 3 aromatic rings. The lowest BCUT2D eigenvalue weighted by molar-refractivity contribution is 0.281. The fourth-order valence-corrected chi connectivity index (χ4v) is 5.52. The van der Waals surface area contributed by atoms with E-state index < -0.39 is 0 Å². The summed E-state index contributed by atoms with van der Waals surface area (Å²) in [4.78, 5) is 14.4. The molecule has 0 N–H and O–H groups in total. The Hall–Kier alpha value is -3.88. The van der Waals surface area contributed by atoms with Crippen molar-refractivity contribution in [3.05, 3.63) is 70.8 Å². The molecule has 8 nitrogen and oxygen atoms in total. The zero-order valence-electron chi connectivity index (χ0n) is 27.1. The van der Waals surface area contributed by atoms with Gasteiger partial charge in [0, 0.05) is 49.2 Å². The van der Waals surface area contributed by atoms with Crippen molar-refractivity contribution in [2.24, 2.45) is 9.98 Å². The molecular weight excluding hydrogens is 552 g/mol. The first-order valence-corrected chi connectivity index (χ1v) is 15.7. The van der Waals surface area contributed by atoms with Crippen LogP contribution in [-0.4, -0.2) is 88.9 Å². The molecule has 0 bridgehead atoms. The lowest BCUT2D eigenvalue weighted by Gasteiger charge is -2.17. The first kappa shape index (κ1) is 31.5. The van der Waals surface area contributed by atoms with Crippen LogP contribution in [-0.2, 0) is 12.8 Å². The number of ether oxygens (including phenoxy) is 4. The summed E-state index contributed by atoms with van der Waals surface area (Å²) in [5, 5.41) is 0. The minimum atomic E-state index is 0.548. The molecule has 44 heavy (non-hydrogen) atoms. The number of aliphatic imine (C=N–C) groups is 2. The van der Waals surface area contributed by atoms with Crippen molar-refractivity contribution in [1.82, 2.24) is 9.80 Å². The van der Waals surface area contributed by atoms with E-state index in [4.69, 9.17) is 28.9 Å². The number of hydrogen-bond donors (Lipinski definition) is 0. The molecule has 2 heterocycles. The molecular formula is C36H46N4O4. The van der Waals surface area contributed by atoms with Gasteiger partial charge in [-0.3, -0.25) is 9.98 Å². The summed E-state index contributed by atoms with van der Waals surface area (Å²) in [5.41, 5.74) is 8.10. The molecule has 5 rings (SSSR count). The first-order chi connectivity index (χ1) is 21.3. The second kappa shape index (κ2) is 14.7. The Balaban J connectivity index is 1.38. The molecule has 0 aromatic heterocycles. The van der Waals surface area contributed by atoms with Gasteiger partial charge in [0.1, 0.15) is 23.0 Å². The summed E-state index contributed by atoms with van der Waals surface area (Å²) >= 11 is 0. The lowest BCUT2D eigenvalue weighted by atomic mass is 9.97. The maximum Gasteiger partial charge on any atom is 0.129 e. The number of fused-ring (bicyclic) bond motifs is 2. The highest BCUT2D eigenvalue weighted by atomic mass is 16.5. The minimum Gasteiger partial charge on any atom is -0.493 e. The van der Waals surface area contributed by atoms with Gasteiger partial charge in [0.15, 0.2) is 0 Å². The third kappa shape index (κ3) is 7.79. The third-order valence-corrected chi connectivity index (χ3v) is 7.68. The van der Waals surface area contributed by atoms with Crippen molar-refractivity contribution in [3.63, 3.8) is 0 Å². The van der Waals surface area contributed by atoms with Gasteiger partial charge in [-0.1, -0.05) is 12.1 Å². The van der Waals surface area contributed by atoms with Crippen LogP contribution in [0.4, 0.5) is 11.4 Å². The summed E-state index contributed by atoms with van der Waals surface area (Å²) in [6.07, 6.45) is 3.41. The SMILES string of the molecule is CCOc1cc(C2=Nc3cc(OCCCN(C)C)ccc3C2)c(OCC)cc1C1=Nc2cc(OCCCN(C)C)ccc2C1. The van der Waals surface area contributed by atoms with E-state index in [1.54, 1.807) is 0 Å². The maximum absolute atomic E-state index is 6.21. The summed E-state index contributed by atoms with van der Waals surface area (Å²) in [6.45, 7) is 8.47. The monoisotopic (exact) mass is 598 g/mol. The van der Waals surface area contributed by atoms with Crippen LogP contribution in [0, 0.1) is 0 Å². The van der Waals surface area contributed by atoms with Crippen LogP contribution in [0.25, 0.3) is 0 Å². The van der Waals surface area contributed by atoms with E-state index >= 15 is 0 Å². The molecule has 2 aliphatic heterocycles. The molecule has 0 radical (unpaired) electrons. The van der Waals surface area contributed by atoms with Gasteiger partial charge in [0.2, 0.25) is 0 Å². The highest BCUT2D eigenvalue weighted by molar-refractivity contribution is 6.12. The van der Waals surface area contributed by atoms with Crippen molar-refractivity contribution in [3.8, 4) is 23.0 Å². The van der Waals surface area contributed by atoms with Crippen molar-refractivity contribution >= 4 is 22.8 Å². The predicted molar refractivity (Wildman–Crippen MR) is 179 cm³/mol. The van der Waals surface area contributed by atoms with E-state index in [0.29, 0.717) is 26.4 Å². The fourth-order valence-electron chi connectivity index (χ4n) is 5.52. The minimum absolute atomic E-state index is 0.548. The zero-order chi connectivity index (χ0) is 31.1. The van der Waals surface area contributed by atoms with Gasteiger partial charge in [-0.05, 0) is 90.3 Å². The molecule has 0 amide bonds. The van der Waals surface area contributed by atoms with Gasteiger partial charge < -0.3 is 28.7 Å². The van der Waals surface area contributed by atoms with Crippen LogP contribution in [0.1, 0.15) is 48.9 Å². The molecule has 3 aromatic carbocycles. The van der Waals surface area contributed by atoms with Crippen LogP contribution in [0.15, 0.2) is 58.5 Å². The highest BCUT2D eigenvalue weighted by Crippen LogP contribution is 2.40. The summed E-state index contributed by atoms with van der Waals surface area (Å²) < 4.78 is 24.5. The van der Waals surface area contributed by atoms with Crippen LogP contribution in [0.2, 0.25) is 0 Å². The molecule has 8 heteroatoms. The van der Waals surface area contributed by atoms with Gasteiger partial charge in [-0.2, -0.15) is 0 Å². The Labute approximate surface area is 262 Å². The summed E-state index contributed by atoms with van der Waals surface area (Å²) in [7, 11) is 8.30. The number of hydrogen-bond acceptors (Lipinski definition) is 8. The van der Waals surface area contributed by atoms with Gasteiger partial charge in [0.05, 0.1) is 49.2 Å². The van der Waals surface area contributed by atoms with Crippen molar-refractivity contribution in [2.75, 3.05) is 67.7 Å². The molecule has 2 aliphatic rings. The van der Waals surface area contributed by atoms with Crippen molar-refractivity contribution in [1.29, 1.82) is 0 Å². The highest BCUT2D eigenvalue weighted by Gasteiger charge is 2.26. The fraction of sp³-hybridized carbons (Fsp3) is 0.444. The molecule has 0 spiro atoms. The third-order valence-electron chi connectivity index (χ3n) is 7.68. The van der Waals surface area contributed by atoms with E-state index in [2.05, 4.69) is 62.3 Å². The number of benzene rings is 3. The molecule has 0 saturated carbocycles. The van der Waals surface area contributed by atoms with Crippen LogP contribution in [0.3, 0.4) is 0 Å². The first-order valence-electron chi connectivity index (χ1n) is 15.7. The summed E-state index contributed by atoms with van der Waals surface area (Å²) in [5.74, 6) is 3.29. The predicted octanol–water partition coefficient (Wildman–Crippen LogP) is 6.50. The van der Waals surface area contributed by atoms with E-state index in [-0.39, 0.29) is 0 Å². The largest absolute Gasteiger partial charge is 0.493 e. The van der Waals surface area contributed by atoms with Crippen molar-refractivity contribution < 1.29 is 18.9 Å². The van der Waals surface area contributed by atoms with Crippen LogP contribution < -0.4 is 18.9 Å². The number of rotatable bonds is 16. The van der Waals surface area contributed by atoms with Gasteiger partial charge in [0.25, 0.3) is 0 Å². The van der Waals surface area contributed by atoms with Gasteiger partial charge in [-0.25, -0.2) is 0 Å². The van der Waals surface area contributed by atoms with Gasteiger partial charge in [-0.15, -0.1) is 0 Å². The molecule has 0 unspecified atom stereocenters. The van der Waals surface area contributed by atoms with Crippen molar-refractivity contribution in [2.45, 2.75) is 39.5 Å². The normalized spacial score (nSPS) is 13.5. The molecule has 0 atom stereocenters. The lowest BCUT2D eigenvalue weighted by Crippen LogP contribution is -2.15. The molecule has 0 saturated heterocycles. The maximum atomic E-state index is 6.21. The van der Waals surface area contributed by atoms with E-state index in [9.17, 15) is 0 Å². The zero-order valence-corrected chi connectivity index (χ0v) is 27.1. The quantitative estimate of drug-likeness (QED) is 0.175. The molecule has 0 fully saturated rings. The Morgan fingerprint density at radius 1 is 0.591 bits per heavy atom. The second-order valence-corrected chi connectivity index (χ2v) is 11.8. The average molecular weight is 599 g/mol. The van der Waals surface area contributed by atoms with E-state index in [1.165, 1.54) is 11.1 Å². The Bertz CT molecular complexity index is 1400. The standard InChI is InChI=1S/C36H46N4O4/c1-7-41-35-23-30(34-20-26-12-14-28(22-32(26)38-34)44-18-10-16-40(5)6)36(42-8-2)24-29(35)33-19-25-11-13-27(21-31(25)37-33)43-17-9-15-39(3)4/h11-14,21-24H,7-10,15-20H2,1-6H3. The smallest absolute Gasteiger partial charge is 0.129 e. The van der Waals surface area contributed by atoms with E-state index in [0.717, 1.165) is 95.7 Å². The van der Waals surface area contributed by atoms with Crippen LogP contribution in [0.5, 0.6) is 23.0 Å². The number of nitrogens with zero attached hydrogens (tertiary/aromatic N) is 4. The van der Waals surface area contributed by atoms with Crippen LogP contribution >= 0.6 is 0 Å². The van der Waals surface area contributed by atoms with Gasteiger partial charge >= 0.3 is 0 Å². The second-order valence-electron chi connectivity index (χ2n) is 11.8. The average Bonchev–Trinajstić information content (AvgIpc) is 3.62. The molecule has 0 aliphatic carbocycles. The Morgan fingerprint density at radius 2 is 1.02 bits per heavy atom. The Morgan fingerprint density at radius 3 is 1.41 bits per heavy atom. The Kier molecular flexibility index (Phi) is 10.6. The molecule has 234 valence electrons. The van der Waals surface area contributed by atoms with E-state index in [1.807, 2.05) is 38.1 Å². The summed E-state index contributed by atoms with van der Waals surface area (Å²) in [6, 6.07) is 16.6.